The van der Waals surface area contributed by atoms with Crippen LogP contribution in [0.4, 0.5) is 13.2 Å². The lowest BCUT2D eigenvalue weighted by Crippen LogP contribution is -2.53. The summed E-state index contributed by atoms with van der Waals surface area (Å²) in [4.78, 5) is 8.96. The van der Waals surface area contributed by atoms with Crippen LogP contribution in [0.5, 0.6) is 0 Å². The van der Waals surface area contributed by atoms with Crippen molar-refractivity contribution in [1.29, 1.82) is 0 Å². The van der Waals surface area contributed by atoms with Crippen LogP contribution < -0.4 is 0 Å². The molecule has 0 unspecified atom stereocenters. The van der Waals surface area contributed by atoms with Crippen LogP contribution in [-0.4, -0.2) is 69.8 Å². The lowest BCUT2D eigenvalue weighted by molar-refractivity contribution is -0.210. The third-order valence-electron chi connectivity index (χ3n) is 6.83. The highest BCUT2D eigenvalue weighted by molar-refractivity contribution is 7.18. The number of halogens is 3. The van der Waals surface area contributed by atoms with Crippen molar-refractivity contribution in [3.05, 3.63) is 76.8 Å². The van der Waals surface area contributed by atoms with Crippen LogP contribution in [0.3, 0.4) is 0 Å². The Labute approximate surface area is 228 Å². The standard InChI is InChI=1S/C26H23F3N6O4S/c1-11-31-26(35(33-11)15-3-4-18-20(7-15)40-12(2)32-18)25-24(38)22(23(37)19(10-36)39-25)34-9-14(8-30-34)13-5-16(27)21(29)17(28)6-13/h3-9,19,22-25,36-38H,10H2,1-2H3/t19-,22+,23+,24-,25-/m1/s1. The number of ether oxygens (including phenoxy) is 1. The van der Waals surface area contributed by atoms with E-state index in [1.165, 1.54) is 33.1 Å². The Kier molecular flexibility index (Phi) is 6.67. The van der Waals surface area contributed by atoms with Crippen LogP contribution in [0.1, 0.15) is 28.8 Å². The molecular formula is C26H23F3N6O4S. The van der Waals surface area contributed by atoms with E-state index in [9.17, 15) is 28.5 Å². The monoisotopic (exact) mass is 572 g/mol. The molecule has 0 spiro atoms. The number of aliphatic hydroxyl groups excluding tert-OH is 3. The molecule has 1 saturated heterocycles. The SMILES string of the molecule is Cc1nc([C@@H]2O[C@H](CO)[C@H](O)[C@H](n3cc(-c4cc(F)c(F)c(F)c4)cn3)[C@H]2O)n(-c2ccc3nc(C)sc3c2)n1. The van der Waals surface area contributed by atoms with Crippen molar-refractivity contribution in [1.82, 2.24) is 29.5 Å². The predicted molar refractivity (Wildman–Crippen MR) is 137 cm³/mol. The number of aromatic nitrogens is 6. The molecule has 5 atom stereocenters. The fourth-order valence-electron chi connectivity index (χ4n) is 4.97. The summed E-state index contributed by atoms with van der Waals surface area (Å²) in [6, 6.07) is 6.04. The minimum atomic E-state index is -1.59. The van der Waals surface area contributed by atoms with E-state index in [0.29, 0.717) is 11.5 Å². The quantitative estimate of drug-likeness (QED) is 0.274. The van der Waals surface area contributed by atoms with Gasteiger partial charge in [0.1, 0.15) is 36.3 Å². The number of fused-ring (bicyclic) bond motifs is 1. The zero-order valence-electron chi connectivity index (χ0n) is 21.1. The normalized spacial score (nSPS) is 23.2. The molecule has 3 aromatic heterocycles. The van der Waals surface area contributed by atoms with Crippen molar-refractivity contribution in [2.45, 2.75) is 44.3 Å². The zero-order chi connectivity index (χ0) is 28.3. The van der Waals surface area contributed by atoms with Gasteiger partial charge in [-0.2, -0.15) is 10.2 Å². The molecule has 3 N–H and O–H groups in total. The Hall–Kier alpha value is -3.69. The number of nitrogens with zero attached hydrogens (tertiary/aromatic N) is 6. The molecule has 0 radical (unpaired) electrons. The second kappa shape index (κ2) is 10.1. The molecule has 1 fully saturated rings. The van der Waals surface area contributed by atoms with Crippen LogP contribution in [0, 0.1) is 31.3 Å². The maximum atomic E-state index is 13.8. The van der Waals surface area contributed by atoms with Crippen LogP contribution in [-0.2, 0) is 4.74 Å². The van der Waals surface area contributed by atoms with Gasteiger partial charge in [0, 0.05) is 11.8 Å². The van der Waals surface area contributed by atoms with Crippen molar-refractivity contribution < 1.29 is 33.2 Å². The van der Waals surface area contributed by atoms with Gasteiger partial charge in [-0.1, -0.05) is 0 Å². The summed E-state index contributed by atoms with van der Waals surface area (Å²) in [5.41, 5.74) is 1.70. The summed E-state index contributed by atoms with van der Waals surface area (Å²) in [5, 5.41) is 42.1. The Morgan fingerprint density at radius 3 is 2.48 bits per heavy atom. The molecule has 1 aliphatic heterocycles. The molecule has 0 saturated carbocycles. The van der Waals surface area contributed by atoms with E-state index < -0.39 is 54.5 Å². The summed E-state index contributed by atoms with van der Waals surface area (Å²) < 4.78 is 50.7. The topological polar surface area (TPSA) is 131 Å². The van der Waals surface area contributed by atoms with Gasteiger partial charge < -0.3 is 20.1 Å². The van der Waals surface area contributed by atoms with Gasteiger partial charge >= 0.3 is 0 Å². The van der Waals surface area contributed by atoms with Crippen LogP contribution in [0.15, 0.2) is 42.7 Å². The Morgan fingerprint density at radius 1 is 1.00 bits per heavy atom. The molecule has 208 valence electrons. The fraction of sp³-hybridized carbons (Fsp3) is 0.308. The average Bonchev–Trinajstić information content (AvgIpc) is 3.64. The fourth-order valence-corrected chi connectivity index (χ4v) is 5.83. The zero-order valence-corrected chi connectivity index (χ0v) is 21.9. The van der Waals surface area contributed by atoms with Crippen molar-refractivity contribution in [2.24, 2.45) is 0 Å². The number of aryl methyl sites for hydroxylation is 2. The largest absolute Gasteiger partial charge is 0.394 e. The van der Waals surface area contributed by atoms with Gasteiger partial charge in [-0.15, -0.1) is 11.3 Å². The number of aliphatic hydroxyl groups is 3. The molecule has 0 aliphatic carbocycles. The minimum absolute atomic E-state index is 0.0120. The van der Waals surface area contributed by atoms with E-state index >= 15 is 0 Å². The van der Waals surface area contributed by atoms with Gasteiger partial charge in [-0.05, 0) is 49.7 Å². The van der Waals surface area contributed by atoms with Gasteiger partial charge in [-0.3, -0.25) is 4.68 Å². The summed E-state index contributed by atoms with van der Waals surface area (Å²) >= 11 is 1.52. The number of thiazole rings is 1. The molecule has 5 aromatic rings. The maximum absolute atomic E-state index is 13.8. The Bertz CT molecular complexity index is 1700. The molecule has 1 aliphatic rings. The molecule has 6 rings (SSSR count). The molecular weight excluding hydrogens is 549 g/mol. The van der Waals surface area contributed by atoms with Crippen LogP contribution in [0.2, 0.25) is 0 Å². The first kappa shape index (κ1) is 26.5. The smallest absolute Gasteiger partial charge is 0.194 e. The number of rotatable bonds is 5. The highest BCUT2D eigenvalue weighted by Crippen LogP contribution is 2.39. The molecule has 10 nitrogen and oxygen atoms in total. The minimum Gasteiger partial charge on any atom is -0.394 e. The number of benzene rings is 2. The van der Waals surface area contributed by atoms with E-state index in [1.807, 2.05) is 25.1 Å². The third kappa shape index (κ3) is 4.47. The predicted octanol–water partition coefficient (Wildman–Crippen LogP) is 3.17. The highest BCUT2D eigenvalue weighted by atomic mass is 32.1. The Balaban J connectivity index is 1.39. The van der Waals surface area contributed by atoms with Gasteiger partial charge in [-0.25, -0.2) is 27.8 Å². The van der Waals surface area contributed by atoms with Crippen LogP contribution in [0.25, 0.3) is 27.0 Å². The van der Waals surface area contributed by atoms with Gasteiger partial charge in [0.05, 0.1) is 33.7 Å². The molecule has 4 heterocycles. The van der Waals surface area contributed by atoms with Gasteiger partial charge in [0.2, 0.25) is 0 Å². The molecule has 40 heavy (non-hydrogen) atoms. The lowest BCUT2D eigenvalue weighted by atomic mass is 9.92. The number of hydrogen-bond donors (Lipinski definition) is 3. The Morgan fingerprint density at radius 2 is 1.75 bits per heavy atom. The van der Waals surface area contributed by atoms with Crippen LogP contribution >= 0.6 is 11.3 Å². The summed E-state index contributed by atoms with van der Waals surface area (Å²) in [7, 11) is 0. The molecule has 14 heteroatoms. The molecule has 0 amide bonds. The van der Waals surface area contributed by atoms with E-state index in [1.54, 1.807) is 6.92 Å². The number of hydrogen-bond acceptors (Lipinski definition) is 9. The van der Waals surface area contributed by atoms with E-state index in [4.69, 9.17) is 4.74 Å². The van der Waals surface area contributed by atoms with E-state index in [0.717, 1.165) is 27.4 Å². The van der Waals surface area contributed by atoms with Crippen molar-refractivity contribution >= 4 is 21.6 Å². The highest BCUT2D eigenvalue weighted by Gasteiger charge is 2.48. The second-order valence-corrected chi connectivity index (χ2v) is 10.8. The summed E-state index contributed by atoms with van der Waals surface area (Å²) in [5.74, 6) is -3.69. The van der Waals surface area contributed by atoms with Gasteiger partial charge in [0.25, 0.3) is 0 Å². The first-order valence-corrected chi connectivity index (χ1v) is 13.1. The first-order valence-electron chi connectivity index (χ1n) is 12.3. The molecule has 0 bridgehead atoms. The molecule has 2 aromatic carbocycles. The van der Waals surface area contributed by atoms with Gasteiger partial charge in [0.15, 0.2) is 23.3 Å². The van der Waals surface area contributed by atoms with Crippen molar-refractivity contribution in [2.75, 3.05) is 6.61 Å². The third-order valence-corrected chi connectivity index (χ3v) is 7.77. The van der Waals surface area contributed by atoms with Crippen molar-refractivity contribution in [3.8, 4) is 16.8 Å². The van der Waals surface area contributed by atoms with E-state index in [2.05, 4.69) is 20.2 Å². The summed E-state index contributed by atoms with van der Waals surface area (Å²) in [6.07, 6.45) is -2.52. The average molecular weight is 573 g/mol. The second-order valence-electron chi connectivity index (χ2n) is 9.53. The van der Waals surface area contributed by atoms with Crippen molar-refractivity contribution in [3.63, 3.8) is 0 Å². The van der Waals surface area contributed by atoms with E-state index in [-0.39, 0.29) is 17.0 Å². The maximum Gasteiger partial charge on any atom is 0.194 e. The summed E-state index contributed by atoms with van der Waals surface area (Å²) in [6.45, 7) is 3.01. The first-order chi connectivity index (χ1) is 19.1. The lowest BCUT2D eigenvalue weighted by Gasteiger charge is -2.41.